The molecule has 1 amide bonds. The van der Waals surface area contributed by atoms with Crippen LogP contribution >= 0.6 is 0 Å². The number of carbonyl (C=O) groups excluding carboxylic acids is 1. The molecule has 1 aromatic heterocycles. The van der Waals surface area contributed by atoms with Gasteiger partial charge in [-0.3, -0.25) is 4.79 Å². The first kappa shape index (κ1) is 20.1. The van der Waals surface area contributed by atoms with E-state index in [9.17, 15) is 9.18 Å². The summed E-state index contributed by atoms with van der Waals surface area (Å²) in [7, 11) is 3.06. The zero-order chi connectivity index (χ0) is 20.6. The average molecular weight is 395 g/mol. The van der Waals surface area contributed by atoms with Gasteiger partial charge < -0.3 is 20.1 Å². The second-order valence-corrected chi connectivity index (χ2v) is 6.29. The molecule has 0 spiro atoms. The number of halogens is 1. The Kier molecular flexibility index (Phi) is 6.63. The van der Waals surface area contributed by atoms with Gasteiger partial charge in [-0.2, -0.15) is 0 Å². The Hall–Kier alpha value is -3.61. The van der Waals surface area contributed by atoms with Gasteiger partial charge in [-0.25, -0.2) is 9.37 Å². The fraction of sp³-hybridized carbons (Fsp3) is 0.182. The van der Waals surface area contributed by atoms with Crippen LogP contribution in [-0.4, -0.2) is 31.7 Å². The number of benzene rings is 2. The third-order valence-corrected chi connectivity index (χ3v) is 4.27. The molecule has 3 rings (SSSR count). The summed E-state index contributed by atoms with van der Waals surface area (Å²) in [6.07, 6.45) is 2.41. The molecule has 0 saturated carbocycles. The Morgan fingerprint density at radius 2 is 1.69 bits per heavy atom. The molecule has 0 bridgehead atoms. The number of hydrogen-bond acceptors (Lipinski definition) is 5. The summed E-state index contributed by atoms with van der Waals surface area (Å²) in [6, 6.07) is 14.9. The lowest BCUT2D eigenvalue weighted by Crippen LogP contribution is -2.13. The Morgan fingerprint density at radius 3 is 2.28 bits per heavy atom. The van der Waals surface area contributed by atoms with Crippen LogP contribution in [0.2, 0.25) is 0 Å². The van der Waals surface area contributed by atoms with Crippen molar-refractivity contribution in [1.29, 1.82) is 0 Å². The van der Waals surface area contributed by atoms with Crippen molar-refractivity contribution < 1.29 is 18.7 Å². The zero-order valence-electron chi connectivity index (χ0n) is 16.2. The minimum Gasteiger partial charge on any atom is -0.497 e. The summed E-state index contributed by atoms with van der Waals surface area (Å²) in [5.74, 6) is 0.940. The van der Waals surface area contributed by atoms with Gasteiger partial charge in [0.15, 0.2) is 0 Å². The van der Waals surface area contributed by atoms with Crippen LogP contribution in [0.3, 0.4) is 0 Å². The first-order chi connectivity index (χ1) is 14.1. The normalized spacial score (nSPS) is 10.3. The van der Waals surface area contributed by atoms with Crippen LogP contribution in [0.15, 0.2) is 60.8 Å². The van der Waals surface area contributed by atoms with Crippen molar-refractivity contribution in [3.63, 3.8) is 0 Å². The second-order valence-electron chi connectivity index (χ2n) is 6.29. The van der Waals surface area contributed by atoms with E-state index in [1.165, 1.54) is 26.4 Å². The molecule has 150 valence electrons. The van der Waals surface area contributed by atoms with E-state index in [0.717, 1.165) is 17.7 Å². The third kappa shape index (κ3) is 5.68. The van der Waals surface area contributed by atoms with Gasteiger partial charge in [-0.05, 0) is 48.4 Å². The SMILES string of the molecule is COc1cc(OC)cc(C(=O)Nc2ccc(NCCc3ccc(F)cc3)cn2)c1. The van der Waals surface area contributed by atoms with Crippen LogP contribution < -0.4 is 20.1 Å². The molecule has 3 aromatic rings. The van der Waals surface area contributed by atoms with E-state index in [2.05, 4.69) is 15.6 Å². The molecular weight excluding hydrogens is 373 g/mol. The number of anilines is 2. The maximum Gasteiger partial charge on any atom is 0.257 e. The number of amides is 1. The fourth-order valence-corrected chi connectivity index (χ4v) is 2.70. The van der Waals surface area contributed by atoms with Gasteiger partial charge >= 0.3 is 0 Å². The van der Waals surface area contributed by atoms with Crippen LogP contribution in [0.4, 0.5) is 15.9 Å². The molecular formula is C22H22FN3O3. The molecule has 6 nitrogen and oxygen atoms in total. The van der Waals surface area contributed by atoms with Crippen molar-refractivity contribution in [3.05, 3.63) is 77.7 Å². The van der Waals surface area contributed by atoms with Gasteiger partial charge in [-0.15, -0.1) is 0 Å². The summed E-state index contributed by atoms with van der Waals surface area (Å²) >= 11 is 0. The van der Waals surface area contributed by atoms with E-state index < -0.39 is 0 Å². The lowest BCUT2D eigenvalue weighted by atomic mass is 10.1. The number of nitrogens with zero attached hydrogens (tertiary/aromatic N) is 1. The number of pyridine rings is 1. The maximum atomic E-state index is 12.9. The van der Waals surface area contributed by atoms with Gasteiger partial charge in [0, 0.05) is 18.2 Å². The lowest BCUT2D eigenvalue weighted by Gasteiger charge is -2.10. The van der Waals surface area contributed by atoms with Gasteiger partial charge in [0.25, 0.3) is 5.91 Å². The Labute approximate surface area is 168 Å². The Balaban J connectivity index is 1.56. The standard InChI is InChI=1S/C22H22FN3O3/c1-28-19-11-16(12-20(13-19)29-2)22(27)26-21-8-7-18(14-25-21)24-10-9-15-3-5-17(23)6-4-15/h3-8,11-14,24H,9-10H2,1-2H3,(H,25,26,27). The van der Waals surface area contributed by atoms with E-state index in [1.54, 1.807) is 42.6 Å². The largest absolute Gasteiger partial charge is 0.497 e. The van der Waals surface area contributed by atoms with Gasteiger partial charge in [0.05, 0.1) is 26.1 Å². The molecule has 7 heteroatoms. The first-order valence-electron chi connectivity index (χ1n) is 9.06. The quantitative estimate of drug-likeness (QED) is 0.600. The molecule has 0 atom stereocenters. The highest BCUT2D eigenvalue weighted by atomic mass is 19.1. The van der Waals surface area contributed by atoms with E-state index >= 15 is 0 Å². The predicted molar refractivity (Wildman–Crippen MR) is 110 cm³/mol. The van der Waals surface area contributed by atoms with E-state index in [0.29, 0.717) is 29.4 Å². The Morgan fingerprint density at radius 1 is 1.00 bits per heavy atom. The smallest absolute Gasteiger partial charge is 0.257 e. The molecule has 29 heavy (non-hydrogen) atoms. The number of methoxy groups -OCH3 is 2. The Bertz CT molecular complexity index is 938. The predicted octanol–water partition coefficient (Wildman–Crippen LogP) is 4.14. The topological polar surface area (TPSA) is 72.5 Å². The van der Waals surface area contributed by atoms with E-state index in [1.807, 2.05) is 6.07 Å². The monoisotopic (exact) mass is 395 g/mol. The zero-order valence-corrected chi connectivity index (χ0v) is 16.2. The lowest BCUT2D eigenvalue weighted by molar-refractivity contribution is 0.102. The van der Waals surface area contributed by atoms with Crippen molar-refractivity contribution in [2.45, 2.75) is 6.42 Å². The van der Waals surface area contributed by atoms with Crippen LogP contribution in [0.1, 0.15) is 15.9 Å². The summed E-state index contributed by atoms with van der Waals surface area (Å²) in [4.78, 5) is 16.7. The number of carbonyl (C=O) groups is 1. The summed E-state index contributed by atoms with van der Waals surface area (Å²) < 4.78 is 23.3. The maximum absolute atomic E-state index is 12.9. The highest BCUT2D eigenvalue weighted by molar-refractivity contribution is 6.04. The number of ether oxygens (including phenoxy) is 2. The van der Waals surface area contributed by atoms with E-state index in [-0.39, 0.29) is 11.7 Å². The van der Waals surface area contributed by atoms with Crippen LogP contribution in [0.25, 0.3) is 0 Å². The molecule has 1 heterocycles. The highest BCUT2D eigenvalue weighted by Gasteiger charge is 2.11. The molecule has 0 aliphatic carbocycles. The molecule has 2 N–H and O–H groups in total. The van der Waals surface area contributed by atoms with Crippen LogP contribution in [0, 0.1) is 5.82 Å². The molecule has 2 aromatic carbocycles. The van der Waals surface area contributed by atoms with Crippen molar-refractivity contribution in [2.75, 3.05) is 31.4 Å². The number of rotatable bonds is 8. The average Bonchev–Trinajstić information content (AvgIpc) is 2.76. The number of hydrogen-bond donors (Lipinski definition) is 2. The molecule has 0 radical (unpaired) electrons. The van der Waals surface area contributed by atoms with E-state index in [4.69, 9.17) is 9.47 Å². The summed E-state index contributed by atoms with van der Waals surface area (Å²) in [6.45, 7) is 0.683. The molecule has 0 aliphatic rings. The molecule has 0 aliphatic heterocycles. The summed E-state index contributed by atoms with van der Waals surface area (Å²) in [5, 5.41) is 6.00. The van der Waals surface area contributed by atoms with Gasteiger partial charge in [0.2, 0.25) is 0 Å². The highest BCUT2D eigenvalue weighted by Crippen LogP contribution is 2.23. The minimum absolute atomic E-state index is 0.240. The molecule has 0 fully saturated rings. The van der Waals surface area contributed by atoms with Gasteiger partial charge in [0.1, 0.15) is 23.1 Å². The number of nitrogens with one attached hydrogen (secondary N) is 2. The van der Waals surface area contributed by atoms with Gasteiger partial charge in [-0.1, -0.05) is 12.1 Å². The summed E-state index contributed by atoms with van der Waals surface area (Å²) in [5.41, 5.74) is 2.28. The van der Waals surface area contributed by atoms with Crippen molar-refractivity contribution >= 4 is 17.4 Å². The minimum atomic E-state index is -0.313. The first-order valence-corrected chi connectivity index (χ1v) is 9.06. The fourth-order valence-electron chi connectivity index (χ4n) is 2.70. The van der Waals surface area contributed by atoms with Crippen LogP contribution in [-0.2, 0) is 6.42 Å². The van der Waals surface area contributed by atoms with Crippen molar-refractivity contribution in [3.8, 4) is 11.5 Å². The second kappa shape index (κ2) is 9.54. The molecule has 0 unspecified atom stereocenters. The molecule has 0 saturated heterocycles. The van der Waals surface area contributed by atoms with Crippen LogP contribution in [0.5, 0.6) is 11.5 Å². The van der Waals surface area contributed by atoms with Crippen molar-refractivity contribution in [1.82, 2.24) is 4.98 Å². The number of aromatic nitrogens is 1. The third-order valence-electron chi connectivity index (χ3n) is 4.27. The van der Waals surface area contributed by atoms with Crippen molar-refractivity contribution in [2.24, 2.45) is 0 Å².